The van der Waals surface area contributed by atoms with Gasteiger partial charge >= 0.3 is 12.1 Å². The van der Waals surface area contributed by atoms with Crippen LogP contribution in [0.5, 0.6) is 0 Å². The molecule has 0 saturated carbocycles. The molecule has 0 spiro atoms. The predicted molar refractivity (Wildman–Crippen MR) is 69.4 cm³/mol. The number of aliphatic carboxylic acids is 1. The molecule has 3 heterocycles. The first kappa shape index (κ1) is 15.0. The van der Waals surface area contributed by atoms with Crippen LogP contribution in [0.3, 0.4) is 0 Å². The molecule has 0 amide bonds. The number of nitrogens with zero attached hydrogens (tertiary/aromatic N) is 4. The Hall–Kier alpha value is -2.91. The minimum Gasteiger partial charge on any atom is -0.481 e. The number of carboxylic acids is 1. The number of aryl methyl sites for hydroxylation is 1. The number of fused-ring (bicyclic) bond motifs is 1. The van der Waals surface area contributed by atoms with Crippen LogP contribution in [-0.2, 0) is 17.4 Å². The molecule has 0 atom stereocenters. The van der Waals surface area contributed by atoms with Crippen molar-refractivity contribution in [3.05, 3.63) is 36.0 Å². The molecule has 0 aliphatic carbocycles. The highest BCUT2D eigenvalue weighted by Crippen LogP contribution is 2.31. The maximum atomic E-state index is 13.2. The second-order valence-electron chi connectivity index (χ2n) is 4.64. The van der Waals surface area contributed by atoms with Crippen molar-refractivity contribution in [2.45, 2.75) is 19.0 Å². The number of hydrogen-bond donors (Lipinski definition) is 1. The molecule has 3 aromatic heterocycles. The zero-order valence-electron chi connectivity index (χ0n) is 11.4. The molecule has 0 fully saturated rings. The first-order chi connectivity index (χ1) is 10.8. The van der Waals surface area contributed by atoms with Gasteiger partial charge in [-0.1, -0.05) is 0 Å². The Morgan fingerprint density at radius 3 is 2.74 bits per heavy atom. The van der Waals surface area contributed by atoms with E-state index in [1.165, 1.54) is 18.4 Å². The summed E-state index contributed by atoms with van der Waals surface area (Å²) in [6.07, 6.45) is -3.74. The van der Waals surface area contributed by atoms with E-state index in [9.17, 15) is 18.0 Å². The van der Waals surface area contributed by atoms with Gasteiger partial charge in [0.05, 0.1) is 12.7 Å². The SMILES string of the molecule is O=C(O)CCc1nc2nc(-c3ccco3)cc(C(F)(F)F)n2n1. The Bertz CT molecular complexity index is 855. The van der Waals surface area contributed by atoms with E-state index < -0.39 is 17.8 Å². The summed E-state index contributed by atoms with van der Waals surface area (Å²) in [4.78, 5) is 18.4. The van der Waals surface area contributed by atoms with Crippen molar-refractivity contribution in [1.29, 1.82) is 0 Å². The molecule has 120 valence electrons. The van der Waals surface area contributed by atoms with Crippen LogP contribution >= 0.6 is 0 Å². The summed E-state index contributed by atoms with van der Waals surface area (Å²) >= 11 is 0. The molecule has 3 aromatic rings. The van der Waals surface area contributed by atoms with Gasteiger partial charge in [-0.2, -0.15) is 22.7 Å². The van der Waals surface area contributed by atoms with Crippen molar-refractivity contribution in [3.63, 3.8) is 0 Å². The highest BCUT2D eigenvalue weighted by molar-refractivity contribution is 5.66. The molecule has 10 heteroatoms. The number of rotatable bonds is 4. The average Bonchev–Trinajstić information content (AvgIpc) is 3.11. The summed E-state index contributed by atoms with van der Waals surface area (Å²) in [5, 5.41) is 12.3. The summed E-state index contributed by atoms with van der Waals surface area (Å²) in [5.41, 5.74) is -1.10. The predicted octanol–water partition coefficient (Wildman–Crippen LogP) is 2.42. The van der Waals surface area contributed by atoms with Crippen LogP contribution in [0.15, 0.2) is 28.9 Å². The minimum absolute atomic E-state index is 0.0259. The molecule has 23 heavy (non-hydrogen) atoms. The number of aromatic nitrogens is 4. The fourth-order valence-electron chi connectivity index (χ4n) is 1.99. The van der Waals surface area contributed by atoms with E-state index in [0.717, 1.165) is 6.07 Å². The van der Waals surface area contributed by atoms with E-state index >= 15 is 0 Å². The maximum Gasteiger partial charge on any atom is 0.433 e. The van der Waals surface area contributed by atoms with Gasteiger partial charge in [-0.05, 0) is 18.2 Å². The minimum atomic E-state index is -4.68. The summed E-state index contributed by atoms with van der Waals surface area (Å²) in [6, 6.07) is 3.80. The van der Waals surface area contributed by atoms with Gasteiger partial charge in [0.25, 0.3) is 5.78 Å². The molecular formula is C13H9F3N4O3. The van der Waals surface area contributed by atoms with Crippen LogP contribution in [0.1, 0.15) is 17.9 Å². The van der Waals surface area contributed by atoms with Gasteiger partial charge < -0.3 is 9.52 Å². The van der Waals surface area contributed by atoms with E-state index in [1.54, 1.807) is 0 Å². The van der Waals surface area contributed by atoms with Crippen molar-refractivity contribution in [1.82, 2.24) is 19.6 Å². The van der Waals surface area contributed by atoms with Gasteiger partial charge in [0, 0.05) is 6.42 Å². The molecule has 0 saturated heterocycles. The molecule has 3 rings (SSSR count). The van der Waals surface area contributed by atoms with Crippen molar-refractivity contribution < 1.29 is 27.5 Å². The van der Waals surface area contributed by atoms with Crippen LogP contribution in [0.25, 0.3) is 17.2 Å². The van der Waals surface area contributed by atoms with Crippen molar-refractivity contribution >= 4 is 11.7 Å². The molecule has 0 radical (unpaired) electrons. The molecule has 0 unspecified atom stereocenters. The Balaban J connectivity index is 2.13. The zero-order chi connectivity index (χ0) is 16.6. The second kappa shape index (κ2) is 5.38. The third-order valence-electron chi connectivity index (χ3n) is 2.98. The summed E-state index contributed by atoms with van der Waals surface area (Å²) < 4.78 is 45.3. The maximum absolute atomic E-state index is 13.2. The van der Waals surface area contributed by atoms with Crippen LogP contribution < -0.4 is 0 Å². The van der Waals surface area contributed by atoms with Crippen molar-refractivity contribution in [2.24, 2.45) is 0 Å². The van der Waals surface area contributed by atoms with Crippen molar-refractivity contribution in [3.8, 4) is 11.5 Å². The molecule has 0 aliphatic heterocycles. The Morgan fingerprint density at radius 2 is 2.13 bits per heavy atom. The summed E-state index contributed by atoms with van der Waals surface area (Å²) in [5.74, 6) is -1.23. The van der Waals surface area contributed by atoms with Gasteiger partial charge in [0.15, 0.2) is 17.3 Å². The summed E-state index contributed by atoms with van der Waals surface area (Å²) in [7, 11) is 0. The van der Waals surface area contributed by atoms with E-state index in [0.29, 0.717) is 4.52 Å². The lowest BCUT2D eigenvalue weighted by Gasteiger charge is -2.09. The molecule has 7 nitrogen and oxygen atoms in total. The lowest BCUT2D eigenvalue weighted by atomic mass is 10.2. The number of alkyl halides is 3. The Kier molecular flexibility index (Phi) is 3.51. The number of furan rings is 1. The first-order valence-corrected chi connectivity index (χ1v) is 6.44. The topological polar surface area (TPSA) is 93.5 Å². The zero-order valence-corrected chi connectivity index (χ0v) is 11.4. The smallest absolute Gasteiger partial charge is 0.433 e. The molecule has 0 aliphatic rings. The van der Waals surface area contributed by atoms with Gasteiger partial charge in [-0.15, -0.1) is 5.10 Å². The standard InChI is InChI=1S/C13H9F3N4O3/c14-13(15,16)9-6-7(8-2-1-5-23-8)17-12-18-10(19-20(9)12)3-4-11(21)22/h1-2,5-6H,3-4H2,(H,21,22). The van der Waals surface area contributed by atoms with Crippen LogP contribution in [0.2, 0.25) is 0 Å². The third kappa shape index (κ3) is 3.00. The highest BCUT2D eigenvalue weighted by Gasteiger charge is 2.36. The fourth-order valence-corrected chi connectivity index (χ4v) is 1.99. The molecule has 0 aromatic carbocycles. The molecule has 0 bridgehead atoms. The quantitative estimate of drug-likeness (QED) is 0.791. The van der Waals surface area contributed by atoms with Crippen molar-refractivity contribution in [2.75, 3.05) is 0 Å². The molecular weight excluding hydrogens is 317 g/mol. The number of carbonyl (C=O) groups is 1. The van der Waals surface area contributed by atoms with Crippen LogP contribution in [0.4, 0.5) is 13.2 Å². The number of carboxylic acid groups (broad SMARTS) is 1. The Morgan fingerprint density at radius 1 is 1.35 bits per heavy atom. The average molecular weight is 326 g/mol. The first-order valence-electron chi connectivity index (χ1n) is 6.44. The van der Waals surface area contributed by atoms with E-state index in [2.05, 4.69) is 15.1 Å². The Labute approximate surface area is 126 Å². The van der Waals surface area contributed by atoms with Crippen LogP contribution in [-0.4, -0.2) is 30.7 Å². The van der Waals surface area contributed by atoms with Gasteiger partial charge in [0.2, 0.25) is 0 Å². The lowest BCUT2D eigenvalue weighted by molar-refractivity contribution is -0.142. The van der Waals surface area contributed by atoms with Gasteiger partial charge in [0.1, 0.15) is 5.69 Å². The molecule has 1 N–H and O–H groups in total. The van der Waals surface area contributed by atoms with E-state index in [-0.39, 0.29) is 35.9 Å². The number of hydrogen-bond acceptors (Lipinski definition) is 5. The third-order valence-corrected chi connectivity index (χ3v) is 2.98. The normalized spacial score (nSPS) is 12.0. The fraction of sp³-hybridized carbons (Fsp3) is 0.231. The van der Waals surface area contributed by atoms with Gasteiger partial charge in [-0.25, -0.2) is 4.98 Å². The summed E-state index contributed by atoms with van der Waals surface area (Å²) in [6.45, 7) is 0. The monoisotopic (exact) mass is 326 g/mol. The second-order valence-corrected chi connectivity index (χ2v) is 4.64. The van der Waals surface area contributed by atoms with Crippen LogP contribution in [0, 0.1) is 0 Å². The van der Waals surface area contributed by atoms with E-state index in [1.807, 2.05) is 0 Å². The largest absolute Gasteiger partial charge is 0.481 e. The van der Waals surface area contributed by atoms with E-state index in [4.69, 9.17) is 9.52 Å². The lowest BCUT2D eigenvalue weighted by Crippen LogP contribution is -2.14. The van der Waals surface area contributed by atoms with Gasteiger partial charge in [-0.3, -0.25) is 4.79 Å². The highest BCUT2D eigenvalue weighted by atomic mass is 19.4. The number of halogens is 3.